The van der Waals surface area contributed by atoms with Crippen molar-refractivity contribution in [3.05, 3.63) is 35.1 Å². The monoisotopic (exact) mass is 295 g/mol. The lowest BCUT2D eigenvalue weighted by atomic mass is 9.73. The molecule has 0 bridgehead atoms. The number of likely N-dealkylation sites (tertiary alicyclic amines) is 1. The Morgan fingerprint density at radius 1 is 1.43 bits per heavy atom. The lowest BCUT2D eigenvalue weighted by Crippen LogP contribution is -2.52. The van der Waals surface area contributed by atoms with Gasteiger partial charge in [0.15, 0.2) is 0 Å². The third-order valence-electron chi connectivity index (χ3n) is 4.72. The van der Waals surface area contributed by atoms with Crippen molar-refractivity contribution in [1.29, 1.82) is 0 Å². The van der Waals surface area contributed by atoms with Crippen LogP contribution in [0.15, 0.2) is 18.2 Å². The summed E-state index contributed by atoms with van der Waals surface area (Å²) in [6.07, 6.45) is 1.98. The van der Waals surface area contributed by atoms with E-state index >= 15 is 0 Å². The molecule has 2 atom stereocenters. The second-order valence-corrected chi connectivity index (χ2v) is 6.37. The van der Waals surface area contributed by atoms with E-state index in [0.29, 0.717) is 18.7 Å². The number of nitrogens with zero attached hydrogens (tertiary/aromatic N) is 1. The molecule has 0 unspecified atom stereocenters. The fourth-order valence-corrected chi connectivity index (χ4v) is 3.34. The summed E-state index contributed by atoms with van der Waals surface area (Å²) in [5.74, 6) is -0.192. The molecule has 2 rings (SSSR count). The highest BCUT2D eigenvalue weighted by Crippen LogP contribution is 2.36. The number of aliphatic hydroxyl groups excluding tert-OH is 2. The summed E-state index contributed by atoms with van der Waals surface area (Å²) in [7, 11) is 0. The number of halogens is 1. The first-order chi connectivity index (χ1) is 10.0. The summed E-state index contributed by atoms with van der Waals surface area (Å²) in [6.45, 7) is 5.83. The van der Waals surface area contributed by atoms with Gasteiger partial charge in [0.1, 0.15) is 5.82 Å². The number of aryl methyl sites for hydroxylation is 1. The highest BCUT2D eigenvalue weighted by atomic mass is 19.1. The predicted octanol–water partition coefficient (Wildman–Crippen LogP) is 2.48. The van der Waals surface area contributed by atoms with E-state index in [4.69, 9.17) is 0 Å². The average molecular weight is 295 g/mol. The first-order valence-electron chi connectivity index (χ1n) is 7.77. The standard InChI is InChI=1S/C17H26FNO2/c1-3-6-17(12-20)7-8-19(11-16(17)21)10-14-9-13(2)4-5-15(14)18/h4-5,9,16,20-21H,3,6-8,10-12H2,1-2H3/t16-,17-/m1/s1. The van der Waals surface area contributed by atoms with Crippen LogP contribution < -0.4 is 0 Å². The first kappa shape index (κ1) is 16.4. The van der Waals surface area contributed by atoms with E-state index in [9.17, 15) is 14.6 Å². The third kappa shape index (κ3) is 3.62. The fraction of sp³-hybridized carbons (Fsp3) is 0.647. The van der Waals surface area contributed by atoms with Crippen molar-refractivity contribution in [2.45, 2.75) is 45.8 Å². The predicted molar refractivity (Wildman–Crippen MR) is 81.5 cm³/mol. The first-order valence-corrected chi connectivity index (χ1v) is 7.77. The maximum Gasteiger partial charge on any atom is 0.127 e. The molecule has 1 aromatic rings. The molecule has 1 fully saturated rings. The van der Waals surface area contributed by atoms with Crippen LogP contribution in [0.1, 0.15) is 37.3 Å². The van der Waals surface area contributed by atoms with Crippen LogP contribution in [0.2, 0.25) is 0 Å². The molecular weight excluding hydrogens is 269 g/mol. The quantitative estimate of drug-likeness (QED) is 0.877. The molecule has 0 aliphatic carbocycles. The van der Waals surface area contributed by atoms with E-state index in [1.807, 2.05) is 13.0 Å². The van der Waals surface area contributed by atoms with Crippen LogP contribution in [-0.2, 0) is 6.54 Å². The van der Waals surface area contributed by atoms with Crippen LogP contribution in [0.25, 0.3) is 0 Å². The number of benzene rings is 1. The molecule has 1 aliphatic rings. The smallest absolute Gasteiger partial charge is 0.127 e. The highest BCUT2D eigenvalue weighted by molar-refractivity contribution is 5.24. The topological polar surface area (TPSA) is 43.7 Å². The van der Waals surface area contributed by atoms with Gasteiger partial charge in [-0.3, -0.25) is 4.90 Å². The van der Waals surface area contributed by atoms with Crippen molar-refractivity contribution in [3.63, 3.8) is 0 Å². The summed E-state index contributed by atoms with van der Waals surface area (Å²) in [5, 5.41) is 20.1. The molecule has 1 aromatic carbocycles. The van der Waals surface area contributed by atoms with E-state index in [-0.39, 0.29) is 17.8 Å². The van der Waals surface area contributed by atoms with Crippen LogP contribution in [0, 0.1) is 18.2 Å². The molecular formula is C17H26FNO2. The zero-order chi connectivity index (χ0) is 15.5. The second-order valence-electron chi connectivity index (χ2n) is 6.37. The van der Waals surface area contributed by atoms with Gasteiger partial charge in [-0.25, -0.2) is 4.39 Å². The van der Waals surface area contributed by atoms with E-state index in [2.05, 4.69) is 11.8 Å². The Kier molecular flexibility index (Phi) is 5.36. The van der Waals surface area contributed by atoms with Gasteiger partial charge in [-0.2, -0.15) is 0 Å². The van der Waals surface area contributed by atoms with Crippen LogP contribution in [-0.4, -0.2) is 40.9 Å². The Labute approximate surface area is 126 Å². The van der Waals surface area contributed by atoms with E-state index < -0.39 is 6.10 Å². The van der Waals surface area contributed by atoms with Crippen molar-refractivity contribution in [2.75, 3.05) is 19.7 Å². The molecule has 0 aromatic heterocycles. The molecule has 1 aliphatic heterocycles. The summed E-state index contributed by atoms with van der Waals surface area (Å²) in [6, 6.07) is 5.13. The SMILES string of the molecule is CCC[C@]1(CO)CCN(Cc2cc(C)ccc2F)C[C@H]1O. The van der Waals surface area contributed by atoms with E-state index in [1.54, 1.807) is 6.07 Å². The molecule has 0 radical (unpaired) electrons. The van der Waals surface area contributed by atoms with E-state index in [1.165, 1.54) is 6.07 Å². The normalized spacial score (nSPS) is 27.0. The molecule has 1 heterocycles. The third-order valence-corrected chi connectivity index (χ3v) is 4.72. The van der Waals surface area contributed by atoms with Crippen molar-refractivity contribution < 1.29 is 14.6 Å². The molecule has 4 heteroatoms. The van der Waals surface area contributed by atoms with Gasteiger partial charge < -0.3 is 10.2 Å². The Hall–Kier alpha value is -0.970. The number of rotatable bonds is 5. The van der Waals surface area contributed by atoms with Crippen LogP contribution in [0.3, 0.4) is 0 Å². The Morgan fingerprint density at radius 2 is 2.19 bits per heavy atom. The van der Waals surface area contributed by atoms with Crippen molar-refractivity contribution in [1.82, 2.24) is 4.90 Å². The summed E-state index contributed by atoms with van der Waals surface area (Å²) < 4.78 is 13.8. The van der Waals surface area contributed by atoms with Gasteiger partial charge in [-0.1, -0.05) is 31.0 Å². The van der Waals surface area contributed by atoms with Gasteiger partial charge in [-0.15, -0.1) is 0 Å². The highest BCUT2D eigenvalue weighted by Gasteiger charge is 2.41. The zero-order valence-corrected chi connectivity index (χ0v) is 13.0. The Balaban J connectivity index is 2.04. The minimum Gasteiger partial charge on any atom is -0.396 e. The molecule has 2 N–H and O–H groups in total. The zero-order valence-electron chi connectivity index (χ0n) is 13.0. The maximum absolute atomic E-state index is 13.8. The van der Waals surface area contributed by atoms with Gasteiger partial charge in [0, 0.05) is 24.1 Å². The van der Waals surface area contributed by atoms with E-state index in [0.717, 1.165) is 31.4 Å². The number of aliphatic hydroxyl groups is 2. The van der Waals surface area contributed by atoms with Gasteiger partial charge >= 0.3 is 0 Å². The fourth-order valence-electron chi connectivity index (χ4n) is 3.34. The Morgan fingerprint density at radius 3 is 2.81 bits per heavy atom. The lowest BCUT2D eigenvalue weighted by Gasteiger charge is -2.44. The van der Waals surface area contributed by atoms with Crippen LogP contribution in [0.4, 0.5) is 4.39 Å². The lowest BCUT2D eigenvalue weighted by molar-refractivity contribution is -0.0804. The minimum absolute atomic E-state index is 0.0225. The van der Waals surface area contributed by atoms with Crippen LogP contribution in [0.5, 0.6) is 0 Å². The molecule has 0 spiro atoms. The molecule has 21 heavy (non-hydrogen) atoms. The van der Waals surface area contributed by atoms with Crippen molar-refractivity contribution in [2.24, 2.45) is 5.41 Å². The molecule has 0 saturated carbocycles. The summed E-state index contributed by atoms with van der Waals surface area (Å²) in [5.41, 5.74) is 1.34. The molecule has 1 saturated heterocycles. The average Bonchev–Trinajstić information content (AvgIpc) is 2.46. The number of β-amino-alcohol motifs (C(OH)–C–C–N with tert-alkyl or cyclic N) is 1. The number of hydrogen-bond donors (Lipinski definition) is 2. The maximum atomic E-state index is 13.8. The van der Waals surface area contributed by atoms with Gasteiger partial charge in [0.05, 0.1) is 12.7 Å². The largest absolute Gasteiger partial charge is 0.396 e. The van der Waals surface area contributed by atoms with Crippen molar-refractivity contribution in [3.8, 4) is 0 Å². The minimum atomic E-state index is -0.552. The number of piperidine rings is 1. The molecule has 0 amide bonds. The van der Waals surface area contributed by atoms with Gasteiger partial charge in [0.25, 0.3) is 0 Å². The van der Waals surface area contributed by atoms with Crippen LogP contribution >= 0.6 is 0 Å². The summed E-state index contributed by atoms with van der Waals surface area (Å²) in [4.78, 5) is 2.08. The van der Waals surface area contributed by atoms with Gasteiger partial charge in [0.2, 0.25) is 0 Å². The van der Waals surface area contributed by atoms with Crippen molar-refractivity contribution >= 4 is 0 Å². The second kappa shape index (κ2) is 6.86. The van der Waals surface area contributed by atoms with Gasteiger partial charge in [-0.05, 0) is 32.4 Å². The summed E-state index contributed by atoms with van der Waals surface area (Å²) >= 11 is 0. The molecule has 3 nitrogen and oxygen atoms in total. The Bertz CT molecular complexity index is 480. The molecule has 118 valence electrons. The number of hydrogen-bond acceptors (Lipinski definition) is 3.